The summed E-state index contributed by atoms with van der Waals surface area (Å²) < 4.78 is 0. The first-order valence-electron chi connectivity index (χ1n) is 2.44. The second-order valence-electron chi connectivity index (χ2n) is 1.68. The molecule has 1 aromatic rings. The molecular formula is C5H6N3OY-. The van der Waals surface area contributed by atoms with Crippen molar-refractivity contribution in [3.05, 3.63) is 22.2 Å². The first-order chi connectivity index (χ1) is 4.20. The summed E-state index contributed by atoms with van der Waals surface area (Å²) in [5.41, 5.74) is 5.46. The minimum Gasteiger partial charge on any atom is -0.435 e. The fraction of sp³-hybridized carbons (Fsp3) is 0.200. The predicted octanol–water partition coefficient (Wildman–Crippen LogP) is -0.542. The number of nitrogen functional groups attached to an aromatic ring is 1. The van der Waals surface area contributed by atoms with Gasteiger partial charge in [0.1, 0.15) is 0 Å². The molecule has 51 valence electrons. The van der Waals surface area contributed by atoms with Crippen molar-refractivity contribution in [3.63, 3.8) is 0 Å². The first kappa shape index (κ1) is 9.78. The summed E-state index contributed by atoms with van der Waals surface area (Å²) in [5.74, 6) is 0.235. The number of aromatic amines is 1. The zero-order valence-electron chi connectivity index (χ0n) is 5.51. The van der Waals surface area contributed by atoms with Gasteiger partial charge in [-0.3, -0.25) is 0 Å². The maximum atomic E-state index is 10.4. The molecule has 0 spiro atoms. The molecule has 3 N–H and O–H groups in total. The van der Waals surface area contributed by atoms with Crippen molar-refractivity contribution in [2.75, 3.05) is 5.73 Å². The van der Waals surface area contributed by atoms with Crippen molar-refractivity contribution in [1.29, 1.82) is 0 Å². The van der Waals surface area contributed by atoms with Crippen LogP contribution in [0, 0.1) is 13.1 Å². The smallest absolute Gasteiger partial charge is 0.229 e. The molecule has 0 saturated heterocycles. The van der Waals surface area contributed by atoms with Gasteiger partial charge in [0.05, 0.1) is 0 Å². The van der Waals surface area contributed by atoms with Crippen LogP contribution in [-0.4, -0.2) is 9.97 Å². The Morgan fingerprint density at radius 3 is 2.70 bits per heavy atom. The molecule has 1 heterocycles. The second-order valence-corrected chi connectivity index (χ2v) is 1.68. The van der Waals surface area contributed by atoms with E-state index in [4.69, 9.17) is 5.73 Å². The van der Waals surface area contributed by atoms with Gasteiger partial charge in [0.15, 0.2) is 0 Å². The second kappa shape index (κ2) is 3.83. The number of nitrogens with two attached hydrogens (primary N) is 1. The fourth-order valence-electron chi connectivity index (χ4n) is 0.432. The number of hydrogen-bond donors (Lipinski definition) is 2. The number of anilines is 1. The predicted molar refractivity (Wildman–Crippen MR) is 32.8 cm³/mol. The quantitative estimate of drug-likeness (QED) is 0.568. The van der Waals surface area contributed by atoms with Gasteiger partial charge < -0.3 is 20.5 Å². The Morgan fingerprint density at radius 2 is 2.30 bits per heavy atom. The van der Waals surface area contributed by atoms with Gasteiger partial charge in [-0.2, -0.15) is 0 Å². The average molecular weight is 213 g/mol. The molecule has 0 unspecified atom stereocenters. The molecular weight excluding hydrogens is 207 g/mol. The summed E-state index contributed by atoms with van der Waals surface area (Å²) >= 11 is 0. The molecule has 0 aliphatic carbocycles. The summed E-state index contributed by atoms with van der Waals surface area (Å²) in [6.07, 6.45) is 2.54. The van der Waals surface area contributed by atoms with E-state index in [0.717, 1.165) is 0 Å². The van der Waals surface area contributed by atoms with E-state index in [-0.39, 0.29) is 38.5 Å². The molecule has 0 fully saturated rings. The number of hydrogen-bond acceptors (Lipinski definition) is 3. The summed E-state index contributed by atoms with van der Waals surface area (Å²) in [7, 11) is 0. The van der Waals surface area contributed by atoms with Crippen molar-refractivity contribution < 1.29 is 32.7 Å². The van der Waals surface area contributed by atoms with E-state index in [1.54, 1.807) is 6.92 Å². The van der Waals surface area contributed by atoms with Crippen molar-refractivity contribution in [1.82, 2.24) is 9.97 Å². The maximum Gasteiger partial charge on any atom is 0.229 e. The molecule has 4 nitrogen and oxygen atoms in total. The topological polar surface area (TPSA) is 71.8 Å². The SMILES string of the molecule is Cc1[c-][nH]c(=O)nc1N.[Y]. The Balaban J connectivity index is 0.000000810. The van der Waals surface area contributed by atoms with Crippen LogP contribution in [0.15, 0.2) is 4.79 Å². The van der Waals surface area contributed by atoms with E-state index in [0.29, 0.717) is 5.56 Å². The van der Waals surface area contributed by atoms with Crippen LogP contribution in [0.4, 0.5) is 5.82 Å². The molecule has 1 radical (unpaired) electrons. The van der Waals surface area contributed by atoms with Crippen LogP contribution in [0.3, 0.4) is 0 Å². The van der Waals surface area contributed by atoms with Gasteiger partial charge in [-0.25, -0.2) is 0 Å². The monoisotopic (exact) mass is 213 g/mol. The van der Waals surface area contributed by atoms with Crippen molar-refractivity contribution in [2.24, 2.45) is 0 Å². The third-order valence-corrected chi connectivity index (χ3v) is 0.963. The normalized spacial score (nSPS) is 8.50. The Kier molecular flexibility index (Phi) is 3.75. The Labute approximate surface area is 83.1 Å². The Hall–Kier alpha value is -0.216. The van der Waals surface area contributed by atoms with Crippen molar-refractivity contribution >= 4 is 5.82 Å². The zero-order chi connectivity index (χ0) is 6.85. The number of aromatic nitrogens is 2. The van der Waals surface area contributed by atoms with Crippen LogP contribution >= 0.6 is 0 Å². The number of nitrogens with one attached hydrogen (secondary N) is 1. The third kappa shape index (κ3) is 2.19. The van der Waals surface area contributed by atoms with Crippen LogP contribution in [0.25, 0.3) is 0 Å². The largest absolute Gasteiger partial charge is 0.435 e. The van der Waals surface area contributed by atoms with E-state index in [2.05, 4.69) is 16.2 Å². The van der Waals surface area contributed by atoms with Gasteiger partial charge in [-0.05, 0) is 0 Å². The summed E-state index contributed by atoms with van der Waals surface area (Å²) in [5, 5.41) is 0. The third-order valence-electron chi connectivity index (χ3n) is 0.963. The van der Waals surface area contributed by atoms with Gasteiger partial charge in [0, 0.05) is 38.5 Å². The molecule has 5 heteroatoms. The maximum absolute atomic E-state index is 10.4. The molecule has 1 aromatic heterocycles. The van der Waals surface area contributed by atoms with Crippen molar-refractivity contribution in [3.8, 4) is 0 Å². The summed E-state index contributed by atoms with van der Waals surface area (Å²) in [4.78, 5) is 16.0. The van der Waals surface area contributed by atoms with E-state index in [1.807, 2.05) is 0 Å². The standard InChI is InChI=1S/C5H6N3O.Y/c1-3-2-7-5(9)8-4(3)6;/h1H3,(H3,6,7,8,9);/q-1;. The molecule has 0 saturated carbocycles. The number of nitrogens with zero attached hydrogens (tertiary/aromatic N) is 1. The van der Waals surface area contributed by atoms with Crippen LogP contribution < -0.4 is 11.4 Å². The van der Waals surface area contributed by atoms with E-state index < -0.39 is 5.69 Å². The van der Waals surface area contributed by atoms with Crippen LogP contribution in [0.5, 0.6) is 0 Å². The minimum atomic E-state index is -0.460. The first-order valence-corrected chi connectivity index (χ1v) is 2.44. The summed E-state index contributed by atoms with van der Waals surface area (Å²) in [6.45, 7) is 1.72. The number of aryl methyl sites for hydroxylation is 1. The van der Waals surface area contributed by atoms with E-state index in [1.165, 1.54) is 0 Å². The van der Waals surface area contributed by atoms with Gasteiger partial charge in [0.25, 0.3) is 0 Å². The average Bonchev–Trinajstić information content (AvgIpc) is 1.80. The van der Waals surface area contributed by atoms with Crippen LogP contribution in [-0.2, 0) is 32.7 Å². The van der Waals surface area contributed by atoms with E-state index in [9.17, 15) is 4.79 Å². The number of H-pyrrole nitrogens is 1. The molecule has 0 aliphatic heterocycles. The number of rotatable bonds is 0. The van der Waals surface area contributed by atoms with Gasteiger partial charge in [-0.1, -0.05) is 13.1 Å². The minimum absolute atomic E-state index is 0. The molecule has 0 amide bonds. The molecule has 10 heavy (non-hydrogen) atoms. The summed E-state index contributed by atoms with van der Waals surface area (Å²) in [6, 6.07) is 0. The Morgan fingerprint density at radius 1 is 1.70 bits per heavy atom. The molecule has 0 atom stereocenters. The zero-order valence-corrected chi connectivity index (χ0v) is 8.35. The van der Waals surface area contributed by atoms with Crippen molar-refractivity contribution in [2.45, 2.75) is 6.92 Å². The Bertz CT molecular complexity index is 270. The molecule has 1 rings (SSSR count). The van der Waals surface area contributed by atoms with E-state index >= 15 is 0 Å². The van der Waals surface area contributed by atoms with Gasteiger partial charge in [-0.15, -0.1) is 5.56 Å². The molecule has 0 aromatic carbocycles. The van der Waals surface area contributed by atoms with Gasteiger partial charge in [0.2, 0.25) is 5.69 Å². The van der Waals surface area contributed by atoms with Crippen LogP contribution in [0.1, 0.15) is 5.56 Å². The molecule has 0 aliphatic rings. The van der Waals surface area contributed by atoms with Gasteiger partial charge >= 0.3 is 0 Å². The molecule has 0 bridgehead atoms. The van der Waals surface area contributed by atoms with Crippen LogP contribution in [0.2, 0.25) is 0 Å². The fourth-order valence-corrected chi connectivity index (χ4v) is 0.432.